The molecule has 2 rings (SSSR count). The number of aromatic amines is 1. The molecule has 0 aliphatic rings. The fourth-order valence-electron chi connectivity index (χ4n) is 1.71. The summed E-state index contributed by atoms with van der Waals surface area (Å²) in [5.74, 6) is -1.01. The molecule has 18 heavy (non-hydrogen) atoms. The first-order valence-corrected chi connectivity index (χ1v) is 5.70. The lowest BCUT2D eigenvalue weighted by atomic mass is 10.1. The van der Waals surface area contributed by atoms with E-state index in [1.54, 1.807) is 12.3 Å². The third-order valence-electron chi connectivity index (χ3n) is 2.42. The van der Waals surface area contributed by atoms with Crippen LogP contribution in [0.2, 0.25) is 0 Å². The van der Waals surface area contributed by atoms with Crippen molar-refractivity contribution in [3.05, 3.63) is 30.1 Å². The monoisotopic (exact) mass is 248 g/mol. The molecule has 0 saturated heterocycles. The minimum absolute atomic E-state index is 0.532. The molecule has 0 fully saturated rings. The Balaban J connectivity index is 2.38. The second-order valence-corrected chi connectivity index (χ2v) is 5.13. The Hall–Kier alpha value is -1.88. The van der Waals surface area contributed by atoms with Crippen molar-refractivity contribution in [1.29, 1.82) is 0 Å². The van der Waals surface area contributed by atoms with Gasteiger partial charge in [0.25, 0.3) is 0 Å². The van der Waals surface area contributed by atoms with Crippen molar-refractivity contribution >= 4 is 17.0 Å². The van der Waals surface area contributed by atoms with Gasteiger partial charge in [-0.05, 0) is 32.9 Å². The van der Waals surface area contributed by atoms with Gasteiger partial charge in [-0.1, -0.05) is 0 Å². The number of H-pyrrole nitrogens is 1. The quantitative estimate of drug-likeness (QED) is 0.875. The van der Waals surface area contributed by atoms with E-state index in [9.17, 15) is 9.90 Å². The molecule has 0 saturated carbocycles. The van der Waals surface area contributed by atoms with Gasteiger partial charge in [0.1, 0.15) is 5.65 Å². The third-order valence-corrected chi connectivity index (χ3v) is 2.42. The number of carboxylic acid groups (broad SMARTS) is 1. The zero-order chi connectivity index (χ0) is 13.3. The number of carbonyl (C=O) groups is 1. The minimum atomic E-state index is -1.01. The van der Waals surface area contributed by atoms with Gasteiger partial charge in [0.05, 0.1) is 5.60 Å². The Morgan fingerprint density at radius 2 is 2.22 bits per heavy atom. The van der Waals surface area contributed by atoms with Crippen LogP contribution in [-0.4, -0.2) is 26.6 Å². The molecule has 0 aliphatic heterocycles. The van der Waals surface area contributed by atoms with Crippen molar-refractivity contribution in [2.45, 2.75) is 32.5 Å². The highest BCUT2D eigenvalue weighted by atomic mass is 16.5. The van der Waals surface area contributed by atoms with Crippen molar-refractivity contribution < 1.29 is 14.6 Å². The second kappa shape index (κ2) is 4.42. The smallest absolute Gasteiger partial charge is 0.337 e. The molecule has 2 heterocycles. The van der Waals surface area contributed by atoms with Crippen LogP contribution in [-0.2, 0) is 9.53 Å². The van der Waals surface area contributed by atoms with E-state index in [1.165, 1.54) is 6.20 Å². The molecule has 2 N–H and O–H groups in total. The molecule has 96 valence electrons. The van der Waals surface area contributed by atoms with Crippen LogP contribution < -0.4 is 0 Å². The van der Waals surface area contributed by atoms with Crippen molar-refractivity contribution in [2.24, 2.45) is 0 Å². The van der Waals surface area contributed by atoms with Crippen LogP contribution in [0.3, 0.4) is 0 Å². The fraction of sp³-hybridized carbons (Fsp3) is 0.385. The first-order valence-electron chi connectivity index (χ1n) is 5.70. The lowest BCUT2D eigenvalue weighted by Crippen LogP contribution is -2.27. The molecule has 1 unspecified atom stereocenters. The second-order valence-electron chi connectivity index (χ2n) is 5.13. The van der Waals surface area contributed by atoms with Gasteiger partial charge in [-0.15, -0.1) is 0 Å². The van der Waals surface area contributed by atoms with Gasteiger partial charge >= 0.3 is 5.97 Å². The van der Waals surface area contributed by atoms with Gasteiger partial charge in [0, 0.05) is 23.3 Å². The van der Waals surface area contributed by atoms with Crippen LogP contribution >= 0.6 is 0 Å². The Bertz CT molecular complexity index is 569. The van der Waals surface area contributed by atoms with E-state index < -0.39 is 17.7 Å². The Morgan fingerprint density at radius 1 is 1.50 bits per heavy atom. The van der Waals surface area contributed by atoms with Gasteiger partial charge < -0.3 is 14.8 Å². The number of carboxylic acids is 1. The minimum Gasteiger partial charge on any atom is -0.479 e. The highest BCUT2D eigenvalue weighted by Gasteiger charge is 2.27. The summed E-state index contributed by atoms with van der Waals surface area (Å²) in [6.45, 7) is 5.47. The molecule has 5 nitrogen and oxygen atoms in total. The molecular formula is C13H16N2O3. The first kappa shape index (κ1) is 12.6. The summed E-state index contributed by atoms with van der Waals surface area (Å²) in [6.07, 6.45) is 2.29. The molecule has 0 aliphatic carbocycles. The number of rotatable bonds is 3. The standard InChI is InChI=1S/C13H16N2O3/c1-13(2,3)18-10(12(16)17)9-6-8-4-5-14-11(8)15-7-9/h4-7,10H,1-3H3,(H,14,15)(H,16,17). The predicted molar refractivity (Wildman–Crippen MR) is 67.3 cm³/mol. The molecule has 0 amide bonds. The summed E-state index contributed by atoms with van der Waals surface area (Å²) in [4.78, 5) is 18.4. The third kappa shape index (κ3) is 2.68. The van der Waals surface area contributed by atoms with Crippen molar-refractivity contribution in [1.82, 2.24) is 9.97 Å². The molecule has 0 spiro atoms. The SMILES string of the molecule is CC(C)(C)OC(C(=O)O)c1cnc2[nH]ccc2c1. The number of hydrogen-bond donors (Lipinski definition) is 2. The number of aromatic nitrogens is 2. The average molecular weight is 248 g/mol. The summed E-state index contributed by atoms with van der Waals surface area (Å²) in [6, 6.07) is 3.63. The summed E-state index contributed by atoms with van der Waals surface area (Å²) in [5, 5.41) is 10.1. The summed E-state index contributed by atoms with van der Waals surface area (Å²) in [5.41, 5.74) is 0.749. The van der Waals surface area contributed by atoms with E-state index >= 15 is 0 Å². The van der Waals surface area contributed by atoms with Crippen molar-refractivity contribution in [2.75, 3.05) is 0 Å². The topological polar surface area (TPSA) is 75.2 Å². The molecule has 1 atom stereocenters. The van der Waals surface area contributed by atoms with Crippen LogP contribution in [0.25, 0.3) is 11.0 Å². The molecular weight excluding hydrogens is 232 g/mol. The molecule has 2 aromatic rings. The number of aliphatic carboxylic acids is 1. The summed E-state index contributed by atoms with van der Waals surface area (Å²) < 4.78 is 5.56. The van der Waals surface area contributed by atoms with Crippen molar-refractivity contribution in [3.63, 3.8) is 0 Å². The number of hydrogen-bond acceptors (Lipinski definition) is 3. The van der Waals surface area contributed by atoms with E-state index in [-0.39, 0.29) is 0 Å². The number of nitrogens with zero attached hydrogens (tertiary/aromatic N) is 1. The van der Waals surface area contributed by atoms with Crippen LogP contribution in [0.5, 0.6) is 0 Å². The number of ether oxygens (including phenoxy) is 1. The Kier molecular flexibility index (Phi) is 3.09. The first-order chi connectivity index (χ1) is 8.37. The lowest BCUT2D eigenvalue weighted by Gasteiger charge is -2.25. The largest absolute Gasteiger partial charge is 0.479 e. The van der Waals surface area contributed by atoms with Crippen LogP contribution in [0.15, 0.2) is 24.5 Å². The lowest BCUT2D eigenvalue weighted by molar-refractivity contribution is -0.160. The molecule has 2 aromatic heterocycles. The van der Waals surface area contributed by atoms with Crippen LogP contribution in [0.1, 0.15) is 32.4 Å². The number of pyridine rings is 1. The van der Waals surface area contributed by atoms with Gasteiger partial charge in [0.15, 0.2) is 6.10 Å². The molecule has 0 radical (unpaired) electrons. The summed E-state index contributed by atoms with van der Waals surface area (Å²) >= 11 is 0. The van der Waals surface area contributed by atoms with E-state index in [0.29, 0.717) is 5.56 Å². The maximum atomic E-state index is 11.3. The molecule has 5 heteroatoms. The van der Waals surface area contributed by atoms with Gasteiger partial charge in [0.2, 0.25) is 0 Å². The van der Waals surface area contributed by atoms with Gasteiger partial charge in [-0.3, -0.25) is 0 Å². The highest BCUT2D eigenvalue weighted by Crippen LogP contribution is 2.25. The highest BCUT2D eigenvalue weighted by molar-refractivity contribution is 5.79. The van der Waals surface area contributed by atoms with Gasteiger partial charge in [-0.25, -0.2) is 9.78 Å². The number of fused-ring (bicyclic) bond motifs is 1. The van der Waals surface area contributed by atoms with E-state index in [2.05, 4.69) is 9.97 Å². The van der Waals surface area contributed by atoms with Crippen LogP contribution in [0, 0.1) is 0 Å². The Labute approximate surface area is 105 Å². The van der Waals surface area contributed by atoms with Crippen LogP contribution in [0.4, 0.5) is 0 Å². The zero-order valence-electron chi connectivity index (χ0n) is 10.6. The molecule has 0 bridgehead atoms. The zero-order valence-corrected chi connectivity index (χ0v) is 10.6. The predicted octanol–water partition coefficient (Wildman–Crippen LogP) is 2.50. The molecule has 0 aromatic carbocycles. The Morgan fingerprint density at radius 3 is 2.83 bits per heavy atom. The normalized spacial score (nSPS) is 13.7. The van der Waals surface area contributed by atoms with Gasteiger partial charge in [-0.2, -0.15) is 0 Å². The van der Waals surface area contributed by atoms with E-state index in [4.69, 9.17) is 4.74 Å². The fourth-order valence-corrected chi connectivity index (χ4v) is 1.71. The maximum absolute atomic E-state index is 11.3. The summed E-state index contributed by atoms with van der Waals surface area (Å²) in [7, 11) is 0. The van der Waals surface area contributed by atoms with Crippen molar-refractivity contribution in [3.8, 4) is 0 Å². The number of nitrogens with one attached hydrogen (secondary N) is 1. The van der Waals surface area contributed by atoms with E-state index in [0.717, 1.165) is 11.0 Å². The average Bonchev–Trinajstić information content (AvgIpc) is 2.71. The van der Waals surface area contributed by atoms with E-state index in [1.807, 2.05) is 26.8 Å². The maximum Gasteiger partial charge on any atom is 0.337 e.